The first-order valence-electron chi connectivity index (χ1n) is 4.43. The highest BCUT2D eigenvalue weighted by molar-refractivity contribution is 4.72. The van der Waals surface area contributed by atoms with E-state index in [0.29, 0.717) is 6.61 Å². The highest BCUT2D eigenvalue weighted by Crippen LogP contribution is 2.32. The van der Waals surface area contributed by atoms with Gasteiger partial charge in [0.1, 0.15) is 0 Å². The van der Waals surface area contributed by atoms with E-state index < -0.39 is 0 Å². The van der Waals surface area contributed by atoms with Crippen LogP contribution in [0, 0.1) is 11.8 Å². The van der Waals surface area contributed by atoms with Gasteiger partial charge in [-0.15, -0.1) is 0 Å². The molecule has 60 valence electrons. The Morgan fingerprint density at radius 1 is 1.40 bits per heavy atom. The van der Waals surface area contributed by atoms with Crippen LogP contribution in [-0.2, 0) is 0 Å². The second kappa shape index (κ2) is 3.97. The van der Waals surface area contributed by atoms with E-state index in [1.807, 2.05) is 0 Å². The average Bonchev–Trinajstić information content (AvgIpc) is 2.31. The van der Waals surface area contributed by atoms with Gasteiger partial charge in [0.05, 0.1) is 0 Å². The maximum Gasteiger partial charge on any atom is 0.0431 e. The zero-order chi connectivity index (χ0) is 7.40. The van der Waals surface area contributed by atoms with E-state index in [9.17, 15) is 0 Å². The van der Waals surface area contributed by atoms with E-state index in [1.165, 1.54) is 25.7 Å². The molecule has 0 amide bonds. The third-order valence-corrected chi connectivity index (χ3v) is 2.57. The van der Waals surface area contributed by atoms with Crippen molar-refractivity contribution in [1.29, 1.82) is 0 Å². The molecule has 10 heavy (non-hydrogen) atoms. The topological polar surface area (TPSA) is 20.2 Å². The quantitative estimate of drug-likeness (QED) is 0.640. The molecule has 2 atom stereocenters. The van der Waals surface area contributed by atoms with Crippen molar-refractivity contribution in [2.24, 2.45) is 11.8 Å². The molecule has 0 bridgehead atoms. The molecule has 1 saturated carbocycles. The Hall–Kier alpha value is -0.0400. The predicted molar refractivity (Wildman–Crippen MR) is 42.8 cm³/mol. The standard InChI is InChI=1S/C9H18O/c1-8-4-5-9(7-8)3-2-6-10/h8-10H,2-7H2,1H3. The summed E-state index contributed by atoms with van der Waals surface area (Å²) in [5.74, 6) is 1.88. The summed E-state index contributed by atoms with van der Waals surface area (Å²) in [4.78, 5) is 0. The van der Waals surface area contributed by atoms with Crippen LogP contribution in [0.2, 0.25) is 0 Å². The summed E-state index contributed by atoms with van der Waals surface area (Å²) < 4.78 is 0. The van der Waals surface area contributed by atoms with E-state index in [0.717, 1.165) is 18.3 Å². The van der Waals surface area contributed by atoms with E-state index in [1.54, 1.807) is 0 Å². The number of aliphatic hydroxyl groups is 1. The lowest BCUT2D eigenvalue weighted by Gasteiger charge is -2.06. The largest absolute Gasteiger partial charge is 0.396 e. The molecule has 1 fully saturated rings. The highest BCUT2D eigenvalue weighted by atomic mass is 16.2. The van der Waals surface area contributed by atoms with E-state index >= 15 is 0 Å². The SMILES string of the molecule is CC1CCC(CCCO)C1. The summed E-state index contributed by atoms with van der Waals surface area (Å²) in [5, 5.41) is 8.59. The van der Waals surface area contributed by atoms with Crippen LogP contribution in [0.1, 0.15) is 39.0 Å². The first-order valence-corrected chi connectivity index (χ1v) is 4.43. The van der Waals surface area contributed by atoms with Crippen LogP contribution in [0.4, 0.5) is 0 Å². The van der Waals surface area contributed by atoms with Gasteiger partial charge in [-0.05, 0) is 31.1 Å². The molecule has 0 radical (unpaired) electrons. The molecule has 1 aliphatic rings. The lowest BCUT2D eigenvalue weighted by Crippen LogP contribution is -1.95. The summed E-state index contributed by atoms with van der Waals surface area (Å²) in [6.07, 6.45) is 6.48. The van der Waals surface area contributed by atoms with E-state index in [2.05, 4.69) is 6.92 Å². The van der Waals surface area contributed by atoms with Crippen molar-refractivity contribution in [1.82, 2.24) is 0 Å². The van der Waals surface area contributed by atoms with E-state index in [4.69, 9.17) is 5.11 Å². The van der Waals surface area contributed by atoms with Gasteiger partial charge in [0.2, 0.25) is 0 Å². The third-order valence-electron chi connectivity index (χ3n) is 2.57. The van der Waals surface area contributed by atoms with Crippen molar-refractivity contribution in [2.45, 2.75) is 39.0 Å². The molecule has 0 aliphatic heterocycles. The third kappa shape index (κ3) is 2.30. The zero-order valence-electron chi connectivity index (χ0n) is 6.84. The minimum atomic E-state index is 0.380. The maximum absolute atomic E-state index is 8.59. The van der Waals surface area contributed by atoms with Gasteiger partial charge < -0.3 is 5.11 Å². The second-order valence-corrected chi connectivity index (χ2v) is 3.65. The van der Waals surface area contributed by atoms with Crippen LogP contribution in [0.15, 0.2) is 0 Å². The smallest absolute Gasteiger partial charge is 0.0431 e. The van der Waals surface area contributed by atoms with Crippen LogP contribution in [0.25, 0.3) is 0 Å². The summed E-state index contributed by atoms with van der Waals surface area (Å²) in [6.45, 7) is 2.71. The molecule has 1 nitrogen and oxygen atoms in total. The van der Waals surface area contributed by atoms with Gasteiger partial charge in [0, 0.05) is 6.61 Å². The zero-order valence-corrected chi connectivity index (χ0v) is 6.84. The van der Waals surface area contributed by atoms with Crippen LogP contribution in [-0.4, -0.2) is 11.7 Å². The van der Waals surface area contributed by atoms with Gasteiger partial charge >= 0.3 is 0 Å². The van der Waals surface area contributed by atoms with E-state index in [-0.39, 0.29) is 0 Å². The van der Waals surface area contributed by atoms with Crippen molar-refractivity contribution in [3.63, 3.8) is 0 Å². The van der Waals surface area contributed by atoms with Crippen LogP contribution >= 0.6 is 0 Å². The molecule has 1 rings (SSSR count). The first kappa shape index (κ1) is 8.06. The first-order chi connectivity index (χ1) is 4.83. The highest BCUT2D eigenvalue weighted by Gasteiger charge is 2.20. The second-order valence-electron chi connectivity index (χ2n) is 3.65. The minimum Gasteiger partial charge on any atom is -0.396 e. The van der Waals surface area contributed by atoms with Crippen LogP contribution in [0.5, 0.6) is 0 Å². The van der Waals surface area contributed by atoms with Gasteiger partial charge in [0.15, 0.2) is 0 Å². The lowest BCUT2D eigenvalue weighted by atomic mass is 10.0. The van der Waals surface area contributed by atoms with Crippen molar-refractivity contribution in [3.05, 3.63) is 0 Å². The molecule has 1 aliphatic carbocycles. The fourth-order valence-corrected chi connectivity index (χ4v) is 1.97. The predicted octanol–water partition coefficient (Wildman–Crippen LogP) is 2.20. The van der Waals surface area contributed by atoms with Crippen LogP contribution in [0.3, 0.4) is 0 Å². The monoisotopic (exact) mass is 142 g/mol. The molecule has 0 spiro atoms. The fraction of sp³-hybridized carbons (Fsp3) is 1.00. The molecule has 0 heterocycles. The summed E-state index contributed by atoms with van der Waals surface area (Å²) in [7, 11) is 0. The average molecular weight is 142 g/mol. The summed E-state index contributed by atoms with van der Waals surface area (Å²) >= 11 is 0. The van der Waals surface area contributed by atoms with Gasteiger partial charge in [0.25, 0.3) is 0 Å². The van der Waals surface area contributed by atoms with Crippen molar-refractivity contribution in [3.8, 4) is 0 Å². The Balaban J connectivity index is 2.06. The molecule has 2 unspecified atom stereocenters. The molecule has 0 saturated heterocycles. The number of aliphatic hydroxyl groups excluding tert-OH is 1. The van der Waals surface area contributed by atoms with Crippen molar-refractivity contribution >= 4 is 0 Å². The molecular formula is C9H18O. The Bertz CT molecular complexity index is 90.7. The molecular weight excluding hydrogens is 124 g/mol. The molecule has 0 aromatic rings. The van der Waals surface area contributed by atoms with Crippen LogP contribution < -0.4 is 0 Å². The Labute approximate surface area is 63.4 Å². The van der Waals surface area contributed by atoms with Gasteiger partial charge in [-0.1, -0.05) is 19.8 Å². The number of hydrogen-bond donors (Lipinski definition) is 1. The fourth-order valence-electron chi connectivity index (χ4n) is 1.97. The molecule has 1 N–H and O–H groups in total. The molecule has 1 heteroatoms. The van der Waals surface area contributed by atoms with Crippen molar-refractivity contribution < 1.29 is 5.11 Å². The molecule has 0 aromatic heterocycles. The number of rotatable bonds is 3. The van der Waals surface area contributed by atoms with Gasteiger partial charge in [-0.2, -0.15) is 0 Å². The summed E-state index contributed by atoms with van der Waals surface area (Å²) in [6, 6.07) is 0. The number of hydrogen-bond acceptors (Lipinski definition) is 1. The van der Waals surface area contributed by atoms with Gasteiger partial charge in [-0.3, -0.25) is 0 Å². The Morgan fingerprint density at radius 3 is 2.70 bits per heavy atom. The minimum absolute atomic E-state index is 0.380. The Kier molecular flexibility index (Phi) is 3.20. The summed E-state index contributed by atoms with van der Waals surface area (Å²) in [5.41, 5.74) is 0. The Morgan fingerprint density at radius 2 is 2.20 bits per heavy atom. The lowest BCUT2D eigenvalue weighted by molar-refractivity contribution is 0.271. The molecule has 0 aromatic carbocycles. The normalized spacial score (nSPS) is 33.0. The van der Waals surface area contributed by atoms with Crippen molar-refractivity contribution in [2.75, 3.05) is 6.61 Å². The van der Waals surface area contributed by atoms with Gasteiger partial charge in [-0.25, -0.2) is 0 Å². The maximum atomic E-state index is 8.59.